The average molecular weight is 378 g/mol. The fraction of sp³-hybridized carbons (Fsp3) is 0.130. The summed E-state index contributed by atoms with van der Waals surface area (Å²) in [5.41, 5.74) is 3.39. The van der Waals surface area contributed by atoms with Gasteiger partial charge in [-0.3, -0.25) is 4.79 Å². The second-order valence-electron chi connectivity index (χ2n) is 6.91. The number of hydrogen-bond acceptors (Lipinski definition) is 3. The number of carbonyl (C=O) groups excluding carboxylic acids is 1. The van der Waals surface area contributed by atoms with Crippen LogP contribution in [0.2, 0.25) is 0 Å². The van der Waals surface area contributed by atoms with Crippen LogP contribution in [-0.4, -0.2) is 23.6 Å². The van der Waals surface area contributed by atoms with Gasteiger partial charge in [-0.25, -0.2) is 0 Å². The number of carbonyl (C=O) groups is 1. The first-order chi connectivity index (χ1) is 12.7. The van der Waals surface area contributed by atoms with E-state index < -0.39 is 7.11 Å². The number of ketones is 1. The molecule has 4 heteroatoms. The van der Waals surface area contributed by atoms with Gasteiger partial charge in [0.25, 0.3) is 0 Å². The number of benzene rings is 3. The second kappa shape index (κ2) is 7.56. The predicted octanol–water partition coefficient (Wildman–Crippen LogP) is 4.94. The van der Waals surface area contributed by atoms with E-state index in [1.807, 2.05) is 56.3 Å². The third kappa shape index (κ3) is 4.57. The summed E-state index contributed by atoms with van der Waals surface area (Å²) in [5.74, 6) is 1.32. The maximum atomic E-state index is 12.8. The van der Waals surface area contributed by atoms with Crippen molar-refractivity contribution in [1.29, 1.82) is 0 Å². The fourth-order valence-corrected chi connectivity index (χ4v) is 3.57. The Labute approximate surface area is 160 Å². The van der Waals surface area contributed by atoms with Gasteiger partial charge >= 0.3 is 0 Å². The van der Waals surface area contributed by atoms with Crippen LogP contribution in [0.1, 0.15) is 27.0 Å². The summed E-state index contributed by atoms with van der Waals surface area (Å²) in [6, 6.07) is 20.3. The van der Waals surface area contributed by atoms with E-state index >= 15 is 0 Å². The Balaban J connectivity index is 1.76. The van der Waals surface area contributed by atoms with E-state index in [9.17, 15) is 9.69 Å². The molecule has 0 saturated carbocycles. The topological polar surface area (TPSA) is 46.5 Å². The molecule has 1 N–H and O–H groups in total. The second-order valence-corrected chi connectivity index (χ2v) is 9.70. The lowest BCUT2D eigenvalue weighted by Crippen LogP contribution is -2.04. The van der Waals surface area contributed by atoms with Crippen LogP contribution in [0, 0.1) is 13.8 Å². The molecule has 0 bridgehead atoms. The first-order valence-corrected chi connectivity index (χ1v) is 11.1. The van der Waals surface area contributed by atoms with Crippen LogP contribution in [0.4, 0.5) is 0 Å². The van der Waals surface area contributed by atoms with E-state index in [1.54, 1.807) is 30.9 Å². The van der Waals surface area contributed by atoms with E-state index in [-0.39, 0.29) is 5.78 Å². The van der Waals surface area contributed by atoms with Crippen molar-refractivity contribution >= 4 is 24.5 Å². The Morgan fingerprint density at radius 1 is 0.926 bits per heavy atom. The van der Waals surface area contributed by atoms with Crippen LogP contribution >= 0.6 is 7.11 Å². The molecular formula is C23H23O3P. The van der Waals surface area contributed by atoms with Gasteiger partial charge < -0.3 is 9.63 Å². The molecule has 3 aromatic carbocycles. The largest absolute Gasteiger partial charge is 0.457 e. The van der Waals surface area contributed by atoms with Gasteiger partial charge in [-0.15, -0.1) is 0 Å². The smallest absolute Gasteiger partial charge is 0.193 e. The van der Waals surface area contributed by atoms with Crippen LogP contribution in [0.15, 0.2) is 66.7 Å². The molecule has 138 valence electrons. The highest BCUT2D eigenvalue weighted by atomic mass is 31.2. The van der Waals surface area contributed by atoms with Crippen molar-refractivity contribution in [2.45, 2.75) is 13.8 Å². The molecule has 0 spiro atoms. The molecule has 0 radical (unpaired) electrons. The van der Waals surface area contributed by atoms with Crippen molar-refractivity contribution in [2.75, 3.05) is 6.66 Å². The van der Waals surface area contributed by atoms with Crippen LogP contribution in [0.5, 0.6) is 11.5 Å². The SMILES string of the molecule is C=P(C)(O)c1ccc(Oc2ccc(C(=O)c3cc(C)ccc3C)cc2)cc1. The Morgan fingerprint density at radius 2 is 1.48 bits per heavy atom. The zero-order valence-corrected chi connectivity index (χ0v) is 16.7. The summed E-state index contributed by atoms with van der Waals surface area (Å²) >= 11 is 0. The first-order valence-electron chi connectivity index (χ1n) is 8.68. The maximum Gasteiger partial charge on any atom is 0.193 e. The number of rotatable bonds is 5. The lowest BCUT2D eigenvalue weighted by Gasteiger charge is -2.12. The Kier molecular flexibility index (Phi) is 5.36. The zero-order valence-electron chi connectivity index (χ0n) is 15.8. The molecule has 0 saturated heterocycles. The number of ether oxygens (including phenoxy) is 1. The van der Waals surface area contributed by atoms with Crippen molar-refractivity contribution in [2.24, 2.45) is 0 Å². The van der Waals surface area contributed by atoms with Crippen molar-refractivity contribution in [3.8, 4) is 11.5 Å². The Bertz CT molecular complexity index is 1010. The highest BCUT2D eigenvalue weighted by molar-refractivity contribution is 7.74. The lowest BCUT2D eigenvalue weighted by atomic mass is 9.97. The molecule has 0 aromatic heterocycles. The van der Waals surface area contributed by atoms with Gasteiger partial charge in [0.05, 0.1) is 0 Å². The zero-order chi connectivity index (χ0) is 19.6. The van der Waals surface area contributed by atoms with E-state index in [0.717, 1.165) is 22.0 Å². The summed E-state index contributed by atoms with van der Waals surface area (Å²) < 4.78 is 5.83. The minimum Gasteiger partial charge on any atom is -0.457 e. The van der Waals surface area contributed by atoms with Crippen molar-refractivity contribution in [1.82, 2.24) is 0 Å². The summed E-state index contributed by atoms with van der Waals surface area (Å²) in [7, 11) is -2.27. The van der Waals surface area contributed by atoms with Gasteiger partial charge in [0.1, 0.15) is 11.5 Å². The van der Waals surface area contributed by atoms with Gasteiger partial charge in [0, 0.05) is 18.2 Å². The Hall–Kier alpha value is -2.61. The molecule has 0 amide bonds. The summed E-state index contributed by atoms with van der Waals surface area (Å²) in [5, 5.41) is 0.823. The van der Waals surface area contributed by atoms with E-state index in [2.05, 4.69) is 6.30 Å². The fourth-order valence-electron chi connectivity index (χ4n) is 2.78. The van der Waals surface area contributed by atoms with Crippen molar-refractivity contribution in [3.05, 3.63) is 89.0 Å². The Morgan fingerprint density at radius 3 is 2.04 bits per heavy atom. The molecule has 3 aromatic rings. The van der Waals surface area contributed by atoms with E-state index in [1.165, 1.54) is 0 Å². The molecule has 1 unspecified atom stereocenters. The monoisotopic (exact) mass is 378 g/mol. The molecule has 0 aliphatic carbocycles. The van der Waals surface area contributed by atoms with Gasteiger partial charge in [-0.05, 0) is 86.0 Å². The summed E-state index contributed by atoms with van der Waals surface area (Å²) in [6.45, 7) is 5.67. The van der Waals surface area contributed by atoms with Gasteiger partial charge in [0.15, 0.2) is 5.78 Å². The summed E-state index contributed by atoms with van der Waals surface area (Å²) in [6.07, 6.45) is 3.81. The van der Waals surface area contributed by atoms with Gasteiger partial charge in [-0.1, -0.05) is 24.0 Å². The first kappa shape index (κ1) is 19.2. The molecule has 1 atom stereocenters. The van der Waals surface area contributed by atoms with Crippen LogP contribution < -0.4 is 10.0 Å². The molecule has 0 heterocycles. The molecule has 27 heavy (non-hydrogen) atoms. The highest BCUT2D eigenvalue weighted by Crippen LogP contribution is 2.34. The van der Waals surface area contributed by atoms with Crippen LogP contribution in [0.25, 0.3) is 0 Å². The molecule has 3 rings (SSSR count). The molecule has 0 fully saturated rings. The third-order valence-electron chi connectivity index (χ3n) is 4.38. The van der Waals surface area contributed by atoms with Gasteiger partial charge in [-0.2, -0.15) is 0 Å². The predicted molar refractivity (Wildman–Crippen MR) is 114 cm³/mol. The minimum atomic E-state index is -2.27. The van der Waals surface area contributed by atoms with Crippen molar-refractivity contribution in [3.63, 3.8) is 0 Å². The van der Waals surface area contributed by atoms with Crippen LogP contribution in [0.3, 0.4) is 0 Å². The highest BCUT2D eigenvalue weighted by Gasteiger charge is 2.12. The lowest BCUT2D eigenvalue weighted by molar-refractivity contribution is 0.103. The molecule has 3 nitrogen and oxygen atoms in total. The molecule has 0 aliphatic heterocycles. The minimum absolute atomic E-state index is 0.00810. The van der Waals surface area contributed by atoms with E-state index in [4.69, 9.17) is 4.74 Å². The third-order valence-corrected chi connectivity index (χ3v) is 5.79. The standard InChI is InChI=1S/C23H23O3P/c1-16-5-6-17(2)22(15-16)23(24)18-7-9-19(10-8-18)26-20-11-13-21(14-12-20)27(3,4)25/h5-15,25H,3H2,1-2,4H3. The van der Waals surface area contributed by atoms with Crippen LogP contribution in [-0.2, 0) is 0 Å². The van der Waals surface area contributed by atoms with E-state index in [0.29, 0.717) is 17.1 Å². The molecule has 0 aliphatic rings. The summed E-state index contributed by atoms with van der Waals surface area (Å²) in [4.78, 5) is 22.8. The van der Waals surface area contributed by atoms with Crippen molar-refractivity contribution < 1.29 is 14.4 Å². The molecular weight excluding hydrogens is 355 g/mol. The number of aryl methyl sites for hydroxylation is 2. The number of hydrogen-bond donors (Lipinski definition) is 1. The maximum absolute atomic E-state index is 12.8. The quantitative estimate of drug-likeness (QED) is 0.505. The average Bonchev–Trinajstić information content (AvgIpc) is 2.63. The normalized spacial score (nSPS) is 13.0. The van der Waals surface area contributed by atoms with Gasteiger partial charge in [0.2, 0.25) is 0 Å².